The summed E-state index contributed by atoms with van der Waals surface area (Å²) >= 11 is 5.93. The fraction of sp³-hybridized carbons (Fsp3) is 0.333. The van der Waals surface area contributed by atoms with Crippen LogP contribution in [-0.4, -0.2) is 22.7 Å². The SMILES string of the molecule is CC1(C)N=C(N)N=C(N)N1c1ccc(Cl)cc1CO. The molecule has 0 unspecified atom stereocenters. The van der Waals surface area contributed by atoms with Gasteiger partial charge in [0.1, 0.15) is 5.66 Å². The molecule has 0 saturated carbocycles. The lowest BCUT2D eigenvalue weighted by Crippen LogP contribution is -2.54. The third-order valence-electron chi connectivity index (χ3n) is 2.85. The third-order valence-corrected chi connectivity index (χ3v) is 3.08. The lowest BCUT2D eigenvalue weighted by Gasteiger charge is -2.39. The molecule has 2 rings (SSSR count). The maximum Gasteiger partial charge on any atom is 0.220 e. The van der Waals surface area contributed by atoms with Crippen molar-refractivity contribution < 1.29 is 5.11 Å². The molecule has 0 saturated heterocycles. The minimum atomic E-state index is -0.687. The number of aliphatic hydroxyl groups excluding tert-OH is 1. The highest BCUT2D eigenvalue weighted by atomic mass is 35.5. The second kappa shape index (κ2) is 4.71. The molecular formula is C12H16ClN5O. The number of halogens is 1. The highest BCUT2D eigenvalue weighted by Gasteiger charge is 2.34. The van der Waals surface area contributed by atoms with E-state index < -0.39 is 5.66 Å². The smallest absolute Gasteiger partial charge is 0.220 e. The van der Waals surface area contributed by atoms with Crippen LogP contribution in [0.1, 0.15) is 19.4 Å². The van der Waals surface area contributed by atoms with Crippen molar-refractivity contribution in [2.75, 3.05) is 4.90 Å². The Hall–Kier alpha value is -1.79. The normalized spacial score (nSPS) is 18.0. The number of anilines is 1. The van der Waals surface area contributed by atoms with E-state index in [0.29, 0.717) is 16.3 Å². The van der Waals surface area contributed by atoms with Gasteiger partial charge in [0.15, 0.2) is 0 Å². The molecule has 0 fully saturated rings. The Labute approximate surface area is 116 Å². The number of rotatable bonds is 2. The lowest BCUT2D eigenvalue weighted by molar-refractivity contribution is 0.282. The van der Waals surface area contributed by atoms with Crippen molar-refractivity contribution in [2.45, 2.75) is 26.1 Å². The lowest BCUT2D eigenvalue weighted by atomic mass is 10.1. The fourth-order valence-corrected chi connectivity index (χ4v) is 2.31. The van der Waals surface area contributed by atoms with Crippen LogP contribution in [0.2, 0.25) is 5.02 Å². The van der Waals surface area contributed by atoms with Crippen LogP contribution in [0.25, 0.3) is 0 Å². The molecule has 5 N–H and O–H groups in total. The molecule has 102 valence electrons. The molecule has 0 radical (unpaired) electrons. The van der Waals surface area contributed by atoms with E-state index in [0.717, 1.165) is 0 Å². The zero-order valence-corrected chi connectivity index (χ0v) is 11.5. The Bertz CT molecular complexity index is 567. The third kappa shape index (κ3) is 2.50. The number of aliphatic hydroxyl groups is 1. The highest BCUT2D eigenvalue weighted by Crippen LogP contribution is 2.31. The second-order valence-corrected chi connectivity index (χ2v) is 5.14. The van der Waals surface area contributed by atoms with Crippen molar-refractivity contribution in [3.8, 4) is 0 Å². The average Bonchev–Trinajstić information content (AvgIpc) is 2.28. The maximum atomic E-state index is 9.46. The molecule has 0 aromatic heterocycles. The van der Waals surface area contributed by atoms with E-state index in [2.05, 4.69) is 9.98 Å². The molecule has 1 aliphatic heterocycles. The number of hydrogen-bond acceptors (Lipinski definition) is 6. The topological polar surface area (TPSA) is 100 Å². The van der Waals surface area contributed by atoms with E-state index in [9.17, 15) is 5.11 Å². The summed E-state index contributed by atoms with van der Waals surface area (Å²) in [5.41, 5.74) is 12.2. The average molecular weight is 282 g/mol. The van der Waals surface area contributed by atoms with Crippen LogP contribution in [-0.2, 0) is 6.61 Å². The summed E-state index contributed by atoms with van der Waals surface area (Å²) in [6, 6.07) is 5.18. The summed E-state index contributed by atoms with van der Waals surface area (Å²) in [5.74, 6) is 0.368. The van der Waals surface area contributed by atoms with Gasteiger partial charge in [0.2, 0.25) is 11.9 Å². The summed E-state index contributed by atoms with van der Waals surface area (Å²) in [6.07, 6.45) is 0. The number of benzene rings is 1. The summed E-state index contributed by atoms with van der Waals surface area (Å²) in [7, 11) is 0. The summed E-state index contributed by atoms with van der Waals surface area (Å²) < 4.78 is 0. The minimum Gasteiger partial charge on any atom is -0.392 e. The van der Waals surface area contributed by atoms with Crippen molar-refractivity contribution in [1.82, 2.24) is 0 Å². The Balaban J connectivity index is 2.55. The van der Waals surface area contributed by atoms with Crippen molar-refractivity contribution in [3.63, 3.8) is 0 Å². The van der Waals surface area contributed by atoms with Gasteiger partial charge in [-0.1, -0.05) is 11.6 Å². The molecule has 19 heavy (non-hydrogen) atoms. The van der Waals surface area contributed by atoms with Gasteiger partial charge >= 0.3 is 0 Å². The number of guanidine groups is 2. The first-order valence-corrected chi connectivity index (χ1v) is 6.12. The Morgan fingerprint density at radius 3 is 2.63 bits per heavy atom. The Kier molecular flexibility index (Phi) is 3.38. The van der Waals surface area contributed by atoms with E-state index in [1.807, 2.05) is 13.8 Å². The zero-order valence-electron chi connectivity index (χ0n) is 10.8. The first kappa shape index (κ1) is 13.6. The zero-order chi connectivity index (χ0) is 14.2. The van der Waals surface area contributed by atoms with Crippen LogP contribution in [0.15, 0.2) is 28.2 Å². The second-order valence-electron chi connectivity index (χ2n) is 4.70. The van der Waals surface area contributed by atoms with Crippen LogP contribution >= 0.6 is 11.6 Å². The Morgan fingerprint density at radius 1 is 1.37 bits per heavy atom. The monoisotopic (exact) mass is 281 g/mol. The highest BCUT2D eigenvalue weighted by molar-refractivity contribution is 6.30. The molecule has 0 atom stereocenters. The van der Waals surface area contributed by atoms with Gasteiger partial charge in [-0.15, -0.1) is 0 Å². The largest absolute Gasteiger partial charge is 0.392 e. The van der Waals surface area contributed by atoms with E-state index in [1.54, 1.807) is 23.1 Å². The molecule has 1 aliphatic rings. The first-order valence-electron chi connectivity index (χ1n) is 5.74. The fourth-order valence-electron chi connectivity index (χ4n) is 2.12. The van der Waals surface area contributed by atoms with Crippen molar-refractivity contribution in [2.24, 2.45) is 21.5 Å². The summed E-state index contributed by atoms with van der Waals surface area (Å²) in [4.78, 5) is 9.94. The predicted octanol–water partition coefficient (Wildman–Crippen LogP) is 1.02. The molecule has 7 heteroatoms. The Morgan fingerprint density at radius 2 is 2.05 bits per heavy atom. The molecular weight excluding hydrogens is 266 g/mol. The van der Waals surface area contributed by atoms with E-state index in [1.165, 1.54) is 0 Å². The van der Waals surface area contributed by atoms with Gasteiger partial charge in [-0.3, -0.25) is 4.90 Å². The number of nitrogens with two attached hydrogens (primary N) is 2. The molecule has 6 nitrogen and oxygen atoms in total. The molecule has 1 heterocycles. The van der Waals surface area contributed by atoms with Crippen molar-refractivity contribution >= 4 is 29.2 Å². The minimum absolute atomic E-state index is 0.137. The molecule has 0 aliphatic carbocycles. The van der Waals surface area contributed by atoms with Crippen molar-refractivity contribution in [1.29, 1.82) is 0 Å². The van der Waals surface area contributed by atoms with E-state index in [4.69, 9.17) is 23.1 Å². The van der Waals surface area contributed by atoms with Gasteiger partial charge in [-0.25, -0.2) is 4.99 Å². The molecule has 0 spiro atoms. The van der Waals surface area contributed by atoms with E-state index in [-0.39, 0.29) is 18.5 Å². The van der Waals surface area contributed by atoms with Gasteiger partial charge in [-0.05, 0) is 32.0 Å². The van der Waals surface area contributed by atoms with Crippen LogP contribution < -0.4 is 16.4 Å². The van der Waals surface area contributed by atoms with Gasteiger partial charge in [0.05, 0.1) is 12.3 Å². The predicted molar refractivity (Wildman–Crippen MR) is 77.2 cm³/mol. The van der Waals surface area contributed by atoms with Crippen LogP contribution in [0.3, 0.4) is 0 Å². The summed E-state index contributed by atoms with van der Waals surface area (Å²) in [5, 5.41) is 10.00. The van der Waals surface area contributed by atoms with Gasteiger partial charge in [-0.2, -0.15) is 4.99 Å². The molecule has 1 aromatic rings. The van der Waals surface area contributed by atoms with Crippen molar-refractivity contribution in [3.05, 3.63) is 28.8 Å². The number of nitrogens with zero attached hydrogens (tertiary/aromatic N) is 3. The van der Waals surface area contributed by atoms with Crippen LogP contribution in [0.4, 0.5) is 5.69 Å². The van der Waals surface area contributed by atoms with Crippen LogP contribution in [0, 0.1) is 0 Å². The number of aliphatic imine (C=N–C) groups is 2. The molecule has 1 aromatic carbocycles. The quantitative estimate of drug-likeness (QED) is 0.753. The number of hydrogen-bond donors (Lipinski definition) is 3. The van der Waals surface area contributed by atoms with Crippen LogP contribution in [0.5, 0.6) is 0 Å². The standard InChI is InChI=1S/C12H16ClN5O/c1-12(2)17-10(14)16-11(15)18(12)9-4-3-8(13)5-7(9)6-19/h3-5,19H,6H2,1-2H3,(H4,14,15,16,17). The van der Waals surface area contributed by atoms with Gasteiger partial charge < -0.3 is 16.6 Å². The summed E-state index contributed by atoms with van der Waals surface area (Å²) in [6.45, 7) is 3.56. The van der Waals surface area contributed by atoms with Gasteiger partial charge in [0.25, 0.3) is 0 Å². The molecule has 0 amide bonds. The maximum absolute atomic E-state index is 9.46. The van der Waals surface area contributed by atoms with E-state index >= 15 is 0 Å². The van der Waals surface area contributed by atoms with Gasteiger partial charge in [0, 0.05) is 10.6 Å². The first-order chi connectivity index (χ1) is 8.85. The molecule has 0 bridgehead atoms.